The second-order valence-corrected chi connectivity index (χ2v) is 7.59. The molecule has 0 saturated carbocycles. The minimum atomic E-state index is -0.150. The average molecular weight is 388 g/mol. The number of hydrogen-bond acceptors (Lipinski definition) is 1. The number of rotatable bonds is 3. The highest BCUT2D eigenvalue weighted by Crippen LogP contribution is 2.42. The number of halogens is 2. The molecule has 1 nitrogen and oxygen atoms in total. The van der Waals surface area contributed by atoms with E-state index in [0.29, 0.717) is 4.83 Å². The van der Waals surface area contributed by atoms with Gasteiger partial charge in [0.05, 0.1) is 9.30 Å². The van der Waals surface area contributed by atoms with Gasteiger partial charge in [0.25, 0.3) is 0 Å². The summed E-state index contributed by atoms with van der Waals surface area (Å²) in [6.07, 6.45) is 5.37. The van der Waals surface area contributed by atoms with E-state index in [0.717, 1.165) is 29.5 Å². The van der Waals surface area contributed by atoms with Crippen LogP contribution in [0.15, 0.2) is 34.3 Å². The molecule has 0 saturated heterocycles. The molecule has 0 aromatic heterocycles. The first-order valence-corrected chi connectivity index (χ1v) is 8.37. The number of allylic oxidation sites excluding steroid dienone is 2. The van der Waals surface area contributed by atoms with Crippen molar-refractivity contribution >= 4 is 31.9 Å². The summed E-state index contributed by atoms with van der Waals surface area (Å²) in [6, 6.07) is 6.26. The van der Waals surface area contributed by atoms with Crippen LogP contribution in [0.2, 0.25) is 0 Å². The number of fused-ring (bicyclic) bond motifs is 1. The third kappa shape index (κ3) is 3.43. The molecular formula is C16H20Br2O. The molecule has 1 aromatic carbocycles. The molecule has 1 aromatic rings. The van der Waals surface area contributed by atoms with Crippen LogP contribution in [0.3, 0.4) is 0 Å². The lowest BCUT2D eigenvalue weighted by molar-refractivity contribution is 0.0648. The topological polar surface area (TPSA) is 9.23 Å². The number of hydrogen-bond donors (Lipinski definition) is 0. The average Bonchev–Trinajstić information content (AvgIpc) is 2.32. The van der Waals surface area contributed by atoms with Gasteiger partial charge in [0.1, 0.15) is 11.4 Å². The zero-order valence-corrected chi connectivity index (χ0v) is 14.8. The second kappa shape index (κ2) is 6.01. The first-order chi connectivity index (χ1) is 8.92. The fourth-order valence-corrected chi connectivity index (χ4v) is 3.55. The monoisotopic (exact) mass is 386 g/mol. The predicted octanol–water partition coefficient (Wildman–Crippen LogP) is 5.65. The van der Waals surface area contributed by atoms with Gasteiger partial charge in [-0.2, -0.15) is 0 Å². The standard InChI is InChI=1S/C16H20Br2O/c1-11(2)6-5-9-16(3)14(18)10-12-7-4-8-13(17)15(12)19-16/h4,6-8,14H,5,9-10H2,1-3H3. The summed E-state index contributed by atoms with van der Waals surface area (Å²) in [4.78, 5) is 0.354. The van der Waals surface area contributed by atoms with E-state index in [9.17, 15) is 0 Å². The maximum absolute atomic E-state index is 6.32. The molecule has 104 valence electrons. The predicted molar refractivity (Wildman–Crippen MR) is 88.3 cm³/mol. The van der Waals surface area contributed by atoms with Crippen LogP contribution in [0.4, 0.5) is 0 Å². The van der Waals surface area contributed by atoms with E-state index in [1.807, 2.05) is 6.07 Å². The first kappa shape index (κ1) is 15.1. The van der Waals surface area contributed by atoms with Crippen LogP contribution in [0.5, 0.6) is 5.75 Å². The molecule has 0 bridgehead atoms. The zero-order chi connectivity index (χ0) is 14.0. The molecule has 0 amide bonds. The maximum atomic E-state index is 6.32. The molecular weight excluding hydrogens is 368 g/mol. The summed E-state index contributed by atoms with van der Waals surface area (Å²) in [5, 5.41) is 0. The second-order valence-electron chi connectivity index (χ2n) is 5.63. The van der Waals surface area contributed by atoms with Crippen molar-refractivity contribution in [2.75, 3.05) is 0 Å². The van der Waals surface area contributed by atoms with Crippen molar-refractivity contribution in [1.29, 1.82) is 0 Å². The van der Waals surface area contributed by atoms with Crippen molar-refractivity contribution < 1.29 is 4.74 Å². The van der Waals surface area contributed by atoms with Crippen LogP contribution >= 0.6 is 31.9 Å². The molecule has 2 rings (SSSR count). The van der Waals surface area contributed by atoms with Crippen molar-refractivity contribution in [2.45, 2.75) is 50.5 Å². The van der Waals surface area contributed by atoms with E-state index in [1.165, 1.54) is 11.1 Å². The van der Waals surface area contributed by atoms with E-state index in [4.69, 9.17) is 4.74 Å². The van der Waals surface area contributed by atoms with Crippen molar-refractivity contribution in [2.24, 2.45) is 0 Å². The fraction of sp³-hybridized carbons (Fsp3) is 0.500. The van der Waals surface area contributed by atoms with Crippen molar-refractivity contribution in [3.05, 3.63) is 39.9 Å². The van der Waals surface area contributed by atoms with Crippen molar-refractivity contribution in [1.82, 2.24) is 0 Å². The Balaban J connectivity index is 2.19. The zero-order valence-electron chi connectivity index (χ0n) is 11.7. The van der Waals surface area contributed by atoms with Crippen LogP contribution in [0.25, 0.3) is 0 Å². The largest absolute Gasteiger partial charge is 0.485 e. The molecule has 0 fully saturated rings. The summed E-state index contributed by atoms with van der Waals surface area (Å²) in [5.41, 5.74) is 2.49. The van der Waals surface area contributed by atoms with Gasteiger partial charge in [-0.1, -0.05) is 39.7 Å². The quantitative estimate of drug-likeness (QED) is 0.480. The molecule has 1 aliphatic heterocycles. The van der Waals surface area contributed by atoms with Crippen LogP contribution in [0, 0.1) is 0 Å². The van der Waals surface area contributed by atoms with Gasteiger partial charge < -0.3 is 4.74 Å². The normalized spacial score (nSPS) is 25.4. The number of benzene rings is 1. The Kier molecular flexibility index (Phi) is 4.78. The molecule has 0 aliphatic carbocycles. The molecule has 1 heterocycles. The Morgan fingerprint density at radius 2 is 2.21 bits per heavy atom. The Bertz CT molecular complexity index is 492. The van der Waals surface area contributed by atoms with Crippen LogP contribution in [-0.4, -0.2) is 10.4 Å². The smallest absolute Gasteiger partial charge is 0.137 e. The maximum Gasteiger partial charge on any atom is 0.137 e. The summed E-state index contributed by atoms with van der Waals surface area (Å²) in [7, 11) is 0. The number of alkyl halides is 1. The Morgan fingerprint density at radius 1 is 1.47 bits per heavy atom. The fourth-order valence-electron chi connectivity index (χ4n) is 2.39. The highest BCUT2D eigenvalue weighted by Gasteiger charge is 2.39. The minimum absolute atomic E-state index is 0.150. The van der Waals surface area contributed by atoms with Gasteiger partial charge in [0.15, 0.2) is 0 Å². The molecule has 2 atom stereocenters. The van der Waals surface area contributed by atoms with Gasteiger partial charge in [-0.05, 0) is 67.6 Å². The number of ether oxygens (including phenoxy) is 1. The van der Waals surface area contributed by atoms with E-state index in [1.54, 1.807) is 0 Å². The molecule has 2 unspecified atom stereocenters. The Morgan fingerprint density at radius 3 is 2.89 bits per heavy atom. The lowest BCUT2D eigenvalue weighted by Crippen LogP contribution is -2.45. The van der Waals surface area contributed by atoms with Crippen LogP contribution < -0.4 is 4.74 Å². The molecule has 0 spiro atoms. The van der Waals surface area contributed by atoms with Crippen molar-refractivity contribution in [3.63, 3.8) is 0 Å². The summed E-state index contributed by atoms with van der Waals surface area (Å²) < 4.78 is 7.37. The molecule has 3 heteroatoms. The van der Waals surface area contributed by atoms with E-state index in [-0.39, 0.29) is 5.60 Å². The molecule has 1 aliphatic rings. The van der Waals surface area contributed by atoms with Crippen LogP contribution in [0.1, 0.15) is 39.2 Å². The molecule has 0 N–H and O–H groups in total. The summed E-state index contributed by atoms with van der Waals surface area (Å²) in [5.74, 6) is 1.01. The Hall–Kier alpha value is -0.280. The van der Waals surface area contributed by atoms with E-state index in [2.05, 4.69) is 70.8 Å². The first-order valence-electron chi connectivity index (χ1n) is 6.66. The van der Waals surface area contributed by atoms with Gasteiger partial charge in [-0.15, -0.1) is 0 Å². The summed E-state index contributed by atoms with van der Waals surface area (Å²) >= 11 is 7.40. The Labute approximate surface area is 132 Å². The van der Waals surface area contributed by atoms with E-state index < -0.39 is 0 Å². The highest BCUT2D eigenvalue weighted by atomic mass is 79.9. The lowest BCUT2D eigenvalue weighted by Gasteiger charge is -2.40. The third-order valence-electron chi connectivity index (χ3n) is 3.64. The minimum Gasteiger partial charge on any atom is -0.485 e. The van der Waals surface area contributed by atoms with E-state index >= 15 is 0 Å². The third-order valence-corrected chi connectivity index (χ3v) is 5.56. The van der Waals surface area contributed by atoms with Crippen molar-refractivity contribution in [3.8, 4) is 5.75 Å². The summed E-state index contributed by atoms with van der Waals surface area (Å²) in [6.45, 7) is 6.48. The SMILES string of the molecule is CC(C)=CCCC1(C)Oc2c(Br)cccc2CC1Br. The molecule has 19 heavy (non-hydrogen) atoms. The van der Waals surface area contributed by atoms with Gasteiger partial charge in [-0.3, -0.25) is 0 Å². The van der Waals surface area contributed by atoms with Gasteiger partial charge in [0.2, 0.25) is 0 Å². The van der Waals surface area contributed by atoms with Crippen LogP contribution in [-0.2, 0) is 6.42 Å². The highest BCUT2D eigenvalue weighted by molar-refractivity contribution is 9.10. The molecule has 0 radical (unpaired) electrons. The number of para-hydroxylation sites is 1. The van der Waals surface area contributed by atoms with Gasteiger partial charge in [0, 0.05) is 0 Å². The van der Waals surface area contributed by atoms with Gasteiger partial charge in [-0.25, -0.2) is 0 Å². The lowest BCUT2D eigenvalue weighted by atomic mass is 9.88. The van der Waals surface area contributed by atoms with Gasteiger partial charge >= 0.3 is 0 Å².